The first-order chi connectivity index (χ1) is 6.95. The average Bonchev–Trinajstić information content (AvgIpc) is 2.11. The maximum absolute atomic E-state index is 10.3. The molecule has 0 radical (unpaired) electrons. The topological polar surface area (TPSA) is 130 Å². The Kier molecular flexibility index (Phi) is 2.56. The zero-order valence-electron chi connectivity index (χ0n) is 7.10. The fraction of sp³-hybridized carbons (Fsp3) is 0. The molecule has 0 unspecified atom stereocenters. The van der Waals surface area contributed by atoms with Crippen molar-refractivity contribution >= 4 is 5.69 Å². The normalized spacial score (nSPS) is 9.60. The summed E-state index contributed by atoms with van der Waals surface area (Å²) in [5.41, 5.74) is -0.718. The highest BCUT2D eigenvalue weighted by molar-refractivity contribution is 5.60. The second-order valence-corrected chi connectivity index (χ2v) is 2.41. The lowest BCUT2D eigenvalue weighted by atomic mass is 10.3. The molecular formula is C6H5N3O6. The Bertz CT molecular complexity index is 405. The number of anilines is 1. The van der Waals surface area contributed by atoms with Crippen LogP contribution in [0.3, 0.4) is 0 Å². The standard InChI is InChI=1S/C6H5N3O6/c10-5-3-1-2-4(6(5)11)7(8(12)13)9(14)15/h1-3,10-11H. The van der Waals surface area contributed by atoms with Crippen molar-refractivity contribution < 1.29 is 20.3 Å². The summed E-state index contributed by atoms with van der Waals surface area (Å²) in [5.74, 6) is -1.60. The van der Waals surface area contributed by atoms with Crippen LogP contribution in [0.15, 0.2) is 18.2 Å². The van der Waals surface area contributed by atoms with Gasteiger partial charge in [-0.15, -0.1) is 0 Å². The van der Waals surface area contributed by atoms with Gasteiger partial charge < -0.3 is 10.2 Å². The van der Waals surface area contributed by atoms with E-state index in [1.54, 1.807) is 0 Å². The SMILES string of the molecule is O=[N+]([O-])N(c1cccc(O)c1O)[N+](=O)[O-]. The van der Waals surface area contributed by atoms with Crippen molar-refractivity contribution in [1.82, 2.24) is 0 Å². The largest absolute Gasteiger partial charge is 0.504 e. The van der Waals surface area contributed by atoms with E-state index >= 15 is 0 Å². The Balaban J connectivity index is 3.29. The molecule has 9 nitrogen and oxygen atoms in total. The number of aromatic hydroxyl groups is 2. The molecule has 0 saturated heterocycles. The van der Waals surface area contributed by atoms with Gasteiger partial charge in [0.15, 0.2) is 11.5 Å². The van der Waals surface area contributed by atoms with E-state index in [4.69, 9.17) is 10.2 Å². The van der Waals surface area contributed by atoms with Crippen molar-refractivity contribution in [3.63, 3.8) is 0 Å². The molecule has 0 saturated carbocycles. The van der Waals surface area contributed by atoms with Gasteiger partial charge in [0.1, 0.15) is 0 Å². The second kappa shape index (κ2) is 3.65. The van der Waals surface area contributed by atoms with E-state index in [0.717, 1.165) is 18.2 Å². The molecule has 1 aromatic carbocycles. The molecule has 0 bridgehead atoms. The molecule has 0 amide bonds. The Labute approximate surface area is 82.0 Å². The number of nitrogens with zero attached hydrogens (tertiary/aromatic N) is 3. The van der Waals surface area contributed by atoms with E-state index in [-0.39, 0.29) is 0 Å². The van der Waals surface area contributed by atoms with Crippen LogP contribution in [0.2, 0.25) is 0 Å². The number of phenols is 2. The highest BCUT2D eigenvalue weighted by Crippen LogP contribution is 2.35. The van der Waals surface area contributed by atoms with Gasteiger partial charge in [0, 0.05) is 0 Å². The zero-order valence-corrected chi connectivity index (χ0v) is 7.10. The second-order valence-electron chi connectivity index (χ2n) is 2.41. The number of phenolic OH excluding ortho intramolecular Hbond substituents is 2. The number of hydrogen-bond acceptors (Lipinski definition) is 6. The molecule has 15 heavy (non-hydrogen) atoms. The highest BCUT2D eigenvalue weighted by atomic mass is 16.8. The third-order valence-electron chi connectivity index (χ3n) is 1.52. The zero-order chi connectivity index (χ0) is 11.6. The van der Waals surface area contributed by atoms with Crippen LogP contribution in [0.25, 0.3) is 0 Å². The predicted octanol–water partition coefficient (Wildman–Crippen LogP) is 0.288. The molecule has 0 aliphatic rings. The molecule has 0 fully saturated rings. The first-order valence-corrected chi connectivity index (χ1v) is 3.55. The van der Waals surface area contributed by atoms with Crippen LogP contribution >= 0.6 is 0 Å². The fourth-order valence-corrected chi connectivity index (χ4v) is 0.916. The summed E-state index contributed by atoms with van der Waals surface area (Å²) in [6.45, 7) is 0. The van der Waals surface area contributed by atoms with Gasteiger partial charge in [0.2, 0.25) is 20.9 Å². The summed E-state index contributed by atoms with van der Waals surface area (Å²) in [6, 6.07) is 3.10. The molecule has 0 aromatic heterocycles. The molecule has 1 aromatic rings. The van der Waals surface area contributed by atoms with E-state index in [1.165, 1.54) is 0 Å². The highest BCUT2D eigenvalue weighted by Gasteiger charge is 2.34. The van der Waals surface area contributed by atoms with Crippen molar-refractivity contribution in [3.05, 3.63) is 38.4 Å². The monoisotopic (exact) mass is 215 g/mol. The number of hydrazine groups is 2. The van der Waals surface area contributed by atoms with Crippen molar-refractivity contribution in [3.8, 4) is 11.5 Å². The van der Waals surface area contributed by atoms with Gasteiger partial charge >= 0.3 is 0 Å². The Morgan fingerprint density at radius 1 is 1.13 bits per heavy atom. The van der Waals surface area contributed by atoms with Gasteiger partial charge in [-0.2, -0.15) is 0 Å². The maximum Gasteiger partial charge on any atom is 0.228 e. The van der Waals surface area contributed by atoms with Gasteiger partial charge in [-0.1, -0.05) is 6.07 Å². The minimum absolute atomic E-state index is 0.491. The number of hydrogen-bond donors (Lipinski definition) is 2. The third kappa shape index (κ3) is 1.85. The summed E-state index contributed by atoms with van der Waals surface area (Å²) in [7, 11) is 0. The summed E-state index contributed by atoms with van der Waals surface area (Å²) in [6.07, 6.45) is 0. The lowest BCUT2D eigenvalue weighted by Gasteiger charge is -2.05. The minimum Gasteiger partial charge on any atom is -0.504 e. The van der Waals surface area contributed by atoms with Crippen LogP contribution in [-0.4, -0.2) is 20.3 Å². The lowest BCUT2D eigenvalue weighted by Crippen LogP contribution is -2.35. The molecule has 9 heteroatoms. The van der Waals surface area contributed by atoms with Crippen LogP contribution in [0.4, 0.5) is 5.69 Å². The number of nitro groups is 2. The van der Waals surface area contributed by atoms with Gasteiger partial charge in [0.25, 0.3) is 0 Å². The van der Waals surface area contributed by atoms with Crippen molar-refractivity contribution in [2.24, 2.45) is 0 Å². The molecule has 1 rings (SSSR count). The Morgan fingerprint density at radius 2 is 1.67 bits per heavy atom. The van der Waals surface area contributed by atoms with Crippen LogP contribution in [-0.2, 0) is 0 Å². The molecule has 0 heterocycles. The smallest absolute Gasteiger partial charge is 0.228 e. The van der Waals surface area contributed by atoms with E-state index in [2.05, 4.69) is 0 Å². The average molecular weight is 215 g/mol. The summed E-state index contributed by atoms with van der Waals surface area (Å²) in [4.78, 5) is 20.6. The van der Waals surface area contributed by atoms with Crippen molar-refractivity contribution in [2.75, 3.05) is 5.12 Å². The maximum atomic E-state index is 10.3. The van der Waals surface area contributed by atoms with E-state index in [0.29, 0.717) is 0 Å². The molecule has 2 N–H and O–H groups in total. The van der Waals surface area contributed by atoms with Crippen LogP contribution in [0, 0.1) is 20.2 Å². The number of rotatable bonds is 3. The van der Waals surface area contributed by atoms with Crippen LogP contribution < -0.4 is 5.12 Å². The lowest BCUT2D eigenvalue weighted by molar-refractivity contribution is -0.712. The minimum atomic E-state index is -1.32. The van der Waals surface area contributed by atoms with Gasteiger partial charge in [-0.3, -0.25) is 0 Å². The van der Waals surface area contributed by atoms with Crippen LogP contribution in [0.1, 0.15) is 0 Å². The molecule has 0 atom stereocenters. The first kappa shape index (κ1) is 10.5. The summed E-state index contributed by atoms with van der Waals surface area (Å²) < 4.78 is 0. The molecule has 0 aliphatic heterocycles. The van der Waals surface area contributed by atoms with Crippen molar-refractivity contribution in [2.45, 2.75) is 0 Å². The van der Waals surface area contributed by atoms with E-state index in [1.807, 2.05) is 0 Å². The number of para-hydroxylation sites is 1. The van der Waals surface area contributed by atoms with Gasteiger partial charge in [0.05, 0.1) is 0 Å². The quantitative estimate of drug-likeness (QED) is 0.420. The summed E-state index contributed by atoms with van der Waals surface area (Å²) >= 11 is 0. The van der Waals surface area contributed by atoms with Gasteiger partial charge in [-0.25, -0.2) is 20.2 Å². The molecule has 80 valence electrons. The Hall–Kier alpha value is -2.58. The molecular weight excluding hydrogens is 210 g/mol. The van der Waals surface area contributed by atoms with Crippen molar-refractivity contribution in [1.29, 1.82) is 0 Å². The van der Waals surface area contributed by atoms with Crippen LogP contribution in [0.5, 0.6) is 11.5 Å². The fourth-order valence-electron chi connectivity index (χ4n) is 0.916. The molecule has 0 spiro atoms. The predicted molar refractivity (Wildman–Crippen MR) is 46.2 cm³/mol. The van der Waals surface area contributed by atoms with E-state index < -0.39 is 32.4 Å². The third-order valence-corrected chi connectivity index (χ3v) is 1.52. The first-order valence-electron chi connectivity index (χ1n) is 3.55. The Morgan fingerprint density at radius 3 is 2.13 bits per heavy atom. The summed E-state index contributed by atoms with van der Waals surface area (Å²) in [5, 5.41) is 35.6. The van der Waals surface area contributed by atoms with E-state index in [9.17, 15) is 20.2 Å². The van der Waals surface area contributed by atoms with Gasteiger partial charge in [-0.05, 0) is 12.1 Å². The molecule has 0 aliphatic carbocycles. The number of benzene rings is 1.